The van der Waals surface area contributed by atoms with Gasteiger partial charge in [-0.25, -0.2) is 4.98 Å². The topological polar surface area (TPSA) is 46.5 Å². The Balaban J connectivity index is 2.09. The molecule has 1 N–H and O–H groups in total. The van der Waals surface area contributed by atoms with Gasteiger partial charge in [-0.2, -0.15) is 5.10 Å². The van der Waals surface area contributed by atoms with Gasteiger partial charge in [0.1, 0.15) is 0 Å². The van der Waals surface area contributed by atoms with Crippen LogP contribution in [0, 0.1) is 17.6 Å². The fraction of sp³-hybridized carbons (Fsp3) is 0.615. The molecule has 102 valence electrons. The molecule has 1 fully saturated rings. The van der Waals surface area contributed by atoms with Crippen LogP contribution in [0.1, 0.15) is 43.3 Å². The highest BCUT2D eigenvalue weighted by molar-refractivity contribution is 7.71. The maximum Gasteiger partial charge on any atom is 0.195 e. The predicted molar refractivity (Wildman–Crippen MR) is 80.1 cm³/mol. The van der Waals surface area contributed by atoms with Crippen LogP contribution in [0.3, 0.4) is 0 Å². The van der Waals surface area contributed by atoms with Crippen LogP contribution < -0.4 is 0 Å². The smallest absolute Gasteiger partial charge is 0.195 e. The maximum absolute atomic E-state index is 5.35. The van der Waals surface area contributed by atoms with Gasteiger partial charge in [-0.05, 0) is 37.9 Å². The Hall–Kier alpha value is -1.01. The lowest BCUT2D eigenvalue weighted by atomic mass is 10.2. The lowest BCUT2D eigenvalue weighted by molar-refractivity contribution is 0.521. The van der Waals surface area contributed by atoms with Crippen LogP contribution in [-0.2, 0) is 6.54 Å². The molecule has 0 radical (unpaired) electrons. The lowest BCUT2D eigenvalue weighted by Crippen LogP contribution is -2.06. The summed E-state index contributed by atoms with van der Waals surface area (Å²) in [6.45, 7) is 7.34. The second kappa shape index (κ2) is 4.83. The van der Waals surface area contributed by atoms with Crippen LogP contribution in [0.5, 0.6) is 0 Å². The highest BCUT2D eigenvalue weighted by Crippen LogP contribution is 2.45. The first-order valence-corrected chi connectivity index (χ1v) is 7.91. The molecule has 0 bridgehead atoms. The average molecular weight is 294 g/mol. The van der Waals surface area contributed by atoms with E-state index in [1.165, 1.54) is 23.4 Å². The molecule has 1 aliphatic carbocycles. The summed E-state index contributed by atoms with van der Waals surface area (Å²) in [6.07, 6.45) is 2.51. The highest BCUT2D eigenvalue weighted by atomic mass is 32.1. The van der Waals surface area contributed by atoms with Crippen LogP contribution in [0.2, 0.25) is 0 Å². The van der Waals surface area contributed by atoms with Gasteiger partial charge in [-0.15, -0.1) is 11.3 Å². The van der Waals surface area contributed by atoms with Crippen molar-refractivity contribution in [1.29, 1.82) is 0 Å². The van der Waals surface area contributed by atoms with Crippen molar-refractivity contribution in [2.75, 3.05) is 0 Å². The van der Waals surface area contributed by atoms with E-state index in [2.05, 4.69) is 35.5 Å². The van der Waals surface area contributed by atoms with E-state index in [1.807, 2.05) is 0 Å². The first-order valence-electron chi connectivity index (χ1n) is 6.69. The van der Waals surface area contributed by atoms with E-state index in [0.717, 1.165) is 17.4 Å². The van der Waals surface area contributed by atoms with E-state index in [1.54, 1.807) is 11.3 Å². The van der Waals surface area contributed by atoms with Gasteiger partial charge < -0.3 is 0 Å². The zero-order valence-corrected chi connectivity index (χ0v) is 13.1. The van der Waals surface area contributed by atoms with Gasteiger partial charge in [-0.3, -0.25) is 9.67 Å². The molecule has 0 saturated heterocycles. The Morgan fingerprint density at radius 1 is 1.47 bits per heavy atom. The van der Waals surface area contributed by atoms with Crippen molar-refractivity contribution in [3.63, 3.8) is 0 Å². The number of aromatic nitrogens is 4. The van der Waals surface area contributed by atoms with Crippen molar-refractivity contribution in [3.05, 3.63) is 15.5 Å². The van der Waals surface area contributed by atoms with E-state index >= 15 is 0 Å². The molecule has 1 aliphatic rings. The number of aryl methyl sites for hydroxylation is 1. The molecule has 2 aromatic heterocycles. The van der Waals surface area contributed by atoms with Crippen molar-refractivity contribution in [3.8, 4) is 10.7 Å². The third kappa shape index (κ3) is 2.51. The minimum Gasteiger partial charge on any atom is -0.299 e. The Morgan fingerprint density at radius 3 is 2.84 bits per heavy atom. The number of thiazole rings is 1. The zero-order valence-electron chi connectivity index (χ0n) is 11.4. The van der Waals surface area contributed by atoms with Crippen molar-refractivity contribution in [2.24, 2.45) is 5.92 Å². The van der Waals surface area contributed by atoms with Crippen LogP contribution in [-0.4, -0.2) is 19.7 Å². The molecule has 2 aromatic rings. The number of hydrogen-bond acceptors (Lipinski definition) is 4. The largest absolute Gasteiger partial charge is 0.299 e. The first kappa shape index (κ1) is 13.0. The third-order valence-electron chi connectivity index (χ3n) is 3.23. The third-order valence-corrected chi connectivity index (χ3v) is 4.53. The van der Waals surface area contributed by atoms with E-state index < -0.39 is 0 Å². The molecule has 0 aliphatic heterocycles. The van der Waals surface area contributed by atoms with Gasteiger partial charge >= 0.3 is 0 Å². The van der Waals surface area contributed by atoms with E-state index in [4.69, 9.17) is 17.2 Å². The van der Waals surface area contributed by atoms with Crippen LogP contribution in [0.4, 0.5) is 0 Å². The molecule has 1 saturated carbocycles. The highest BCUT2D eigenvalue weighted by Gasteiger charge is 2.31. The van der Waals surface area contributed by atoms with Gasteiger partial charge in [0.25, 0.3) is 0 Å². The predicted octanol–water partition coefficient (Wildman–Crippen LogP) is 3.91. The summed E-state index contributed by atoms with van der Waals surface area (Å²) in [7, 11) is 0. The molecule has 6 heteroatoms. The molecule has 3 rings (SSSR count). The molecular weight excluding hydrogens is 276 g/mol. The van der Waals surface area contributed by atoms with Crippen molar-refractivity contribution < 1.29 is 0 Å². The van der Waals surface area contributed by atoms with Crippen LogP contribution in [0.25, 0.3) is 10.7 Å². The fourth-order valence-electron chi connectivity index (χ4n) is 2.26. The Labute approximate surface area is 121 Å². The van der Waals surface area contributed by atoms with Gasteiger partial charge in [0.2, 0.25) is 0 Å². The molecular formula is C13H18N4S2. The molecule has 0 aromatic carbocycles. The Bertz CT molecular complexity index is 646. The van der Waals surface area contributed by atoms with E-state index in [0.29, 0.717) is 16.6 Å². The minimum absolute atomic E-state index is 0.543. The summed E-state index contributed by atoms with van der Waals surface area (Å²) in [5, 5.41) is 8.48. The number of nitrogens with zero attached hydrogens (tertiary/aromatic N) is 3. The monoisotopic (exact) mass is 294 g/mol. The van der Waals surface area contributed by atoms with Crippen molar-refractivity contribution in [1.82, 2.24) is 19.7 Å². The second-order valence-corrected chi connectivity index (χ2v) is 7.17. The van der Waals surface area contributed by atoms with E-state index in [9.17, 15) is 0 Å². The van der Waals surface area contributed by atoms with Gasteiger partial charge in [0.05, 0.1) is 15.6 Å². The molecule has 19 heavy (non-hydrogen) atoms. The van der Waals surface area contributed by atoms with Gasteiger partial charge in [0.15, 0.2) is 10.6 Å². The lowest BCUT2D eigenvalue weighted by Gasteiger charge is -2.08. The fourth-order valence-corrected chi connectivity index (χ4v) is 3.47. The minimum atomic E-state index is 0.543. The van der Waals surface area contributed by atoms with Crippen LogP contribution in [0.15, 0.2) is 0 Å². The SMILES string of the molecule is Cc1nc(C2CC2)c(-c2n[nH]c(=S)n2CC(C)C)s1. The molecule has 0 unspecified atom stereocenters. The van der Waals surface area contributed by atoms with Crippen molar-refractivity contribution >= 4 is 23.6 Å². The normalized spacial score (nSPS) is 15.4. The Morgan fingerprint density at radius 2 is 2.21 bits per heavy atom. The summed E-state index contributed by atoms with van der Waals surface area (Å²) in [5.41, 5.74) is 1.22. The molecule has 4 nitrogen and oxygen atoms in total. The van der Waals surface area contributed by atoms with Crippen molar-refractivity contribution in [2.45, 2.75) is 46.1 Å². The number of aromatic amines is 1. The van der Waals surface area contributed by atoms with Gasteiger partial charge in [0, 0.05) is 12.5 Å². The standard InChI is InChI=1S/C13H18N4S2/c1-7(2)6-17-12(15-16-13(17)18)11-10(9-4-5-9)14-8(3)19-11/h7,9H,4-6H2,1-3H3,(H,16,18). The molecule has 2 heterocycles. The number of hydrogen-bond donors (Lipinski definition) is 1. The van der Waals surface area contributed by atoms with E-state index in [-0.39, 0.29) is 0 Å². The molecule has 0 spiro atoms. The maximum atomic E-state index is 5.35. The van der Waals surface area contributed by atoms with Gasteiger partial charge in [-0.1, -0.05) is 13.8 Å². The number of H-pyrrole nitrogens is 1. The summed E-state index contributed by atoms with van der Waals surface area (Å²) in [4.78, 5) is 5.90. The first-order chi connectivity index (χ1) is 9.06. The number of nitrogens with one attached hydrogen (secondary N) is 1. The summed E-state index contributed by atoms with van der Waals surface area (Å²) in [5.74, 6) is 2.14. The molecule has 0 amide bonds. The average Bonchev–Trinajstić information content (AvgIpc) is 3.03. The quantitative estimate of drug-likeness (QED) is 0.870. The molecule has 0 atom stereocenters. The zero-order chi connectivity index (χ0) is 13.6. The Kier molecular flexibility index (Phi) is 3.30. The second-order valence-electron chi connectivity index (χ2n) is 5.58. The summed E-state index contributed by atoms with van der Waals surface area (Å²) >= 11 is 7.08. The number of rotatable bonds is 4. The summed E-state index contributed by atoms with van der Waals surface area (Å²) < 4.78 is 2.82. The summed E-state index contributed by atoms with van der Waals surface area (Å²) in [6, 6.07) is 0. The van der Waals surface area contributed by atoms with Crippen LogP contribution >= 0.6 is 23.6 Å².